The fraction of sp³-hybridized carbons (Fsp3) is 0.480. The van der Waals surface area contributed by atoms with Gasteiger partial charge in [-0.05, 0) is 86.1 Å². The van der Waals surface area contributed by atoms with Gasteiger partial charge in [-0.25, -0.2) is 4.39 Å². The van der Waals surface area contributed by atoms with Gasteiger partial charge < -0.3 is 4.90 Å². The molecule has 6 rings (SSSR count). The lowest BCUT2D eigenvalue weighted by Gasteiger charge is -2.59. The van der Waals surface area contributed by atoms with E-state index in [1.807, 2.05) is 43.4 Å². The summed E-state index contributed by atoms with van der Waals surface area (Å²) in [4.78, 5) is 16.7. The topological polar surface area (TPSA) is 20.3 Å². The van der Waals surface area contributed by atoms with Crippen LogP contribution in [0.3, 0.4) is 0 Å². The number of hydrogen-bond acceptors (Lipinski definition) is 2. The Hall–Kier alpha value is -1.81. The molecular weight excluding hydrogens is 381 g/mol. The lowest BCUT2D eigenvalue weighted by atomic mass is 9.52. The molecule has 4 fully saturated rings. The molecule has 0 heterocycles. The van der Waals surface area contributed by atoms with Gasteiger partial charge in [0.1, 0.15) is 5.82 Å². The smallest absolute Gasteiger partial charge is 0.255 e. The Bertz CT molecular complexity index is 874. The zero-order chi connectivity index (χ0) is 20.0. The molecule has 4 aliphatic carbocycles. The molecule has 2 aromatic carbocycles. The van der Waals surface area contributed by atoms with Crippen molar-refractivity contribution in [3.05, 3.63) is 65.5 Å². The maximum Gasteiger partial charge on any atom is 0.255 e. The fourth-order valence-corrected chi connectivity index (χ4v) is 7.38. The standard InChI is InChI=1S/C25H28FNOS/c1-27(25-13-18-10-19(14-25)12-20(11-18)15-25)24(28)22-4-2-3-5-23(22)29-16-17-6-8-21(26)9-7-17/h2-9,18-20H,10-16H2,1H3. The van der Waals surface area contributed by atoms with Crippen molar-refractivity contribution >= 4 is 17.7 Å². The molecule has 4 heteroatoms. The van der Waals surface area contributed by atoms with Gasteiger partial charge in [-0.2, -0.15) is 0 Å². The van der Waals surface area contributed by atoms with Crippen LogP contribution in [0.5, 0.6) is 0 Å². The van der Waals surface area contributed by atoms with Crippen LogP contribution in [0.4, 0.5) is 4.39 Å². The molecule has 0 N–H and O–H groups in total. The molecule has 2 nitrogen and oxygen atoms in total. The molecule has 0 aromatic heterocycles. The Balaban J connectivity index is 1.35. The second-order valence-electron chi connectivity index (χ2n) is 9.42. The lowest BCUT2D eigenvalue weighted by molar-refractivity contribution is -0.0666. The van der Waals surface area contributed by atoms with Gasteiger partial charge in [0, 0.05) is 23.2 Å². The summed E-state index contributed by atoms with van der Waals surface area (Å²) < 4.78 is 13.2. The Morgan fingerprint density at radius 2 is 1.59 bits per heavy atom. The van der Waals surface area contributed by atoms with Crippen molar-refractivity contribution in [2.45, 2.75) is 54.7 Å². The van der Waals surface area contributed by atoms with E-state index in [0.717, 1.165) is 39.5 Å². The first-order valence-electron chi connectivity index (χ1n) is 10.8. The molecule has 0 unspecified atom stereocenters. The van der Waals surface area contributed by atoms with E-state index in [2.05, 4.69) is 4.90 Å². The minimum Gasteiger partial charge on any atom is -0.336 e. The summed E-state index contributed by atoms with van der Waals surface area (Å²) in [5.74, 6) is 3.13. The van der Waals surface area contributed by atoms with Crippen LogP contribution in [0.1, 0.15) is 54.4 Å². The Morgan fingerprint density at radius 3 is 2.21 bits per heavy atom. The van der Waals surface area contributed by atoms with E-state index in [4.69, 9.17) is 0 Å². The van der Waals surface area contributed by atoms with Crippen molar-refractivity contribution in [3.63, 3.8) is 0 Å². The highest BCUT2D eigenvalue weighted by molar-refractivity contribution is 7.98. The Kier molecular flexibility index (Phi) is 4.93. The van der Waals surface area contributed by atoms with Crippen LogP contribution < -0.4 is 0 Å². The van der Waals surface area contributed by atoms with Crippen molar-refractivity contribution in [3.8, 4) is 0 Å². The minimum absolute atomic E-state index is 0.0700. The number of nitrogens with zero attached hydrogens (tertiary/aromatic N) is 1. The zero-order valence-corrected chi connectivity index (χ0v) is 17.8. The number of benzene rings is 2. The van der Waals surface area contributed by atoms with Crippen LogP contribution in [0.2, 0.25) is 0 Å². The second-order valence-corrected chi connectivity index (χ2v) is 10.4. The van der Waals surface area contributed by atoms with Gasteiger partial charge in [-0.1, -0.05) is 24.3 Å². The predicted molar refractivity (Wildman–Crippen MR) is 115 cm³/mol. The van der Waals surface area contributed by atoms with E-state index >= 15 is 0 Å². The molecule has 0 atom stereocenters. The van der Waals surface area contributed by atoms with Gasteiger partial charge in [-0.3, -0.25) is 4.79 Å². The van der Waals surface area contributed by atoms with E-state index in [0.29, 0.717) is 0 Å². The summed E-state index contributed by atoms with van der Waals surface area (Å²) in [6, 6.07) is 14.6. The van der Waals surface area contributed by atoms with Gasteiger partial charge in [0.25, 0.3) is 5.91 Å². The van der Waals surface area contributed by atoms with Crippen molar-refractivity contribution in [2.75, 3.05) is 7.05 Å². The van der Waals surface area contributed by atoms with Crippen LogP contribution in [0.15, 0.2) is 53.4 Å². The average molecular weight is 410 g/mol. The average Bonchev–Trinajstić information content (AvgIpc) is 2.71. The van der Waals surface area contributed by atoms with Crippen LogP contribution >= 0.6 is 11.8 Å². The molecular formula is C25H28FNOS. The van der Waals surface area contributed by atoms with Gasteiger partial charge in [0.05, 0.1) is 5.56 Å². The molecule has 0 aliphatic heterocycles. The summed E-state index contributed by atoms with van der Waals surface area (Å²) in [5.41, 5.74) is 1.94. The number of amides is 1. The van der Waals surface area contributed by atoms with Crippen molar-refractivity contribution in [1.29, 1.82) is 0 Å². The molecule has 1 amide bonds. The molecule has 4 bridgehead atoms. The highest BCUT2D eigenvalue weighted by Crippen LogP contribution is 2.57. The number of hydrogen-bond donors (Lipinski definition) is 0. The van der Waals surface area contributed by atoms with Crippen LogP contribution in [0, 0.1) is 23.6 Å². The summed E-state index contributed by atoms with van der Waals surface area (Å²) in [7, 11) is 2.04. The zero-order valence-electron chi connectivity index (χ0n) is 16.9. The van der Waals surface area contributed by atoms with Crippen LogP contribution in [-0.4, -0.2) is 23.4 Å². The van der Waals surface area contributed by atoms with Crippen LogP contribution in [0.25, 0.3) is 0 Å². The summed E-state index contributed by atoms with van der Waals surface area (Å²) in [6.07, 6.45) is 7.70. The molecule has 0 saturated heterocycles. The number of rotatable bonds is 5. The van der Waals surface area contributed by atoms with Crippen LogP contribution in [-0.2, 0) is 5.75 Å². The van der Waals surface area contributed by atoms with E-state index in [1.165, 1.54) is 50.7 Å². The van der Waals surface area contributed by atoms with E-state index < -0.39 is 0 Å². The van der Waals surface area contributed by atoms with Gasteiger partial charge >= 0.3 is 0 Å². The number of carbonyl (C=O) groups excluding carboxylic acids is 1. The third kappa shape index (κ3) is 3.61. The maximum atomic E-state index is 13.6. The van der Waals surface area contributed by atoms with Crippen molar-refractivity contribution in [2.24, 2.45) is 17.8 Å². The predicted octanol–water partition coefficient (Wildman–Crippen LogP) is 6.16. The molecule has 29 heavy (non-hydrogen) atoms. The highest BCUT2D eigenvalue weighted by atomic mass is 32.2. The summed E-state index contributed by atoms with van der Waals surface area (Å²) in [6.45, 7) is 0. The van der Waals surface area contributed by atoms with Gasteiger partial charge in [0.2, 0.25) is 0 Å². The fourth-order valence-electron chi connectivity index (χ4n) is 6.38. The molecule has 4 aliphatic rings. The number of thioether (sulfide) groups is 1. The van der Waals surface area contributed by atoms with Crippen molar-refractivity contribution in [1.82, 2.24) is 4.90 Å². The lowest BCUT2D eigenvalue weighted by Crippen LogP contribution is -2.60. The SMILES string of the molecule is CN(C(=O)c1ccccc1SCc1ccc(F)cc1)C12CC3CC(CC(C3)C1)C2. The van der Waals surface area contributed by atoms with E-state index in [9.17, 15) is 9.18 Å². The third-order valence-corrected chi connectivity index (χ3v) is 8.59. The van der Waals surface area contributed by atoms with Gasteiger partial charge in [-0.15, -0.1) is 11.8 Å². The monoisotopic (exact) mass is 409 g/mol. The molecule has 2 aromatic rings. The number of halogens is 1. The van der Waals surface area contributed by atoms with Gasteiger partial charge in [0.15, 0.2) is 0 Å². The maximum absolute atomic E-state index is 13.6. The van der Waals surface area contributed by atoms with Crippen molar-refractivity contribution < 1.29 is 9.18 Å². The number of carbonyl (C=O) groups is 1. The minimum atomic E-state index is -0.216. The quantitative estimate of drug-likeness (QED) is 0.551. The molecule has 0 radical (unpaired) electrons. The first-order chi connectivity index (χ1) is 14.0. The molecule has 4 saturated carbocycles. The van der Waals surface area contributed by atoms with E-state index in [1.54, 1.807) is 11.8 Å². The largest absolute Gasteiger partial charge is 0.336 e. The first kappa shape index (κ1) is 19.2. The summed E-state index contributed by atoms with van der Waals surface area (Å²) in [5, 5.41) is 0. The third-order valence-electron chi connectivity index (χ3n) is 7.45. The summed E-state index contributed by atoms with van der Waals surface area (Å²) >= 11 is 1.66. The first-order valence-corrected chi connectivity index (χ1v) is 11.8. The van der Waals surface area contributed by atoms with E-state index in [-0.39, 0.29) is 17.3 Å². The molecule has 0 spiro atoms. The molecule has 152 valence electrons. The Labute approximate surface area is 176 Å². The highest BCUT2D eigenvalue weighted by Gasteiger charge is 2.53. The normalized spacial score (nSPS) is 29.8. The Morgan fingerprint density at radius 1 is 1.00 bits per heavy atom. The second kappa shape index (κ2) is 7.46.